The Kier molecular flexibility index (Phi) is 2.85. The van der Waals surface area contributed by atoms with E-state index in [0.29, 0.717) is 0 Å². The highest BCUT2D eigenvalue weighted by molar-refractivity contribution is 5.46. The zero-order valence-corrected chi connectivity index (χ0v) is 10.5. The van der Waals surface area contributed by atoms with Crippen molar-refractivity contribution in [3.63, 3.8) is 0 Å². The van der Waals surface area contributed by atoms with Crippen molar-refractivity contribution < 1.29 is 0 Å². The molecule has 0 unspecified atom stereocenters. The quantitative estimate of drug-likeness (QED) is 0.681. The lowest BCUT2D eigenvalue weighted by atomic mass is 10.1. The minimum atomic E-state index is 1.05. The van der Waals surface area contributed by atoms with E-state index in [0.717, 1.165) is 24.2 Å². The first-order valence-corrected chi connectivity index (χ1v) is 6.29. The molecule has 2 heteroatoms. The second-order valence-electron chi connectivity index (χ2n) is 4.62. The number of benzene rings is 1. The van der Waals surface area contributed by atoms with Crippen molar-refractivity contribution in [1.82, 2.24) is 9.38 Å². The lowest BCUT2D eigenvalue weighted by molar-refractivity contribution is 0.932. The minimum Gasteiger partial charge on any atom is -0.304 e. The Bertz CT molecular complexity index is 653. The zero-order valence-electron chi connectivity index (χ0n) is 10.5. The van der Waals surface area contributed by atoms with Crippen LogP contribution in [0, 0.1) is 6.92 Å². The minimum absolute atomic E-state index is 1.05. The summed E-state index contributed by atoms with van der Waals surface area (Å²) in [6, 6.07) is 14.9. The number of rotatable bonds is 3. The van der Waals surface area contributed by atoms with Gasteiger partial charge in [-0.2, -0.15) is 0 Å². The molecule has 0 aliphatic heterocycles. The zero-order chi connectivity index (χ0) is 12.4. The largest absolute Gasteiger partial charge is 0.304 e. The first kappa shape index (κ1) is 11.0. The molecule has 2 nitrogen and oxygen atoms in total. The van der Waals surface area contributed by atoms with Crippen molar-refractivity contribution in [1.29, 1.82) is 0 Å². The molecule has 0 saturated heterocycles. The molecule has 0 aliphatic rings. The Hall–Kier alpha value is -2.09. The summed E-state index contributed by atoms with van der Waals surface area (Å²) >= 11 is 0. The number of nitrogens with zero attached hydrogens (tertiary/aromatic N) is 2. The average Bonchev–Trinajstić information content (AvgIpc) is 2.79. The molecular weight excluding hydrogens is 220 g/mol. The molecule has 3 rings (SSSR count). The van der Waals surface area contributed by atoms with Gasteiger partial charge in [0.2, 0.25) is 0 Å². The third-order valence-corrected chi connectivity index (χ3v) is 3.32. The van der Waals surface area contributed by atoms with E-state index in [1.807, 2.05) is 13.1 Å². The van der Waals surface area contributed by atoms with Gasteiger partial charge in [0, 0.05) is 6.20 Å². The summed E-state index contributed by atoms with van der Waals surface area (Å²) in [6.07, 6.45) is 6.26. The van der Waals surface area contributed by atoms with Gasteiger partial charge in [-0.1, -0.05) is 36.4 Å². The van der Waals surface area contributed by atoms with Crippen LogP contribution in [-0.2, 0) is 12.8 Å². The smallest absolute Gasteiger partial charge is 0.110 e. The van der Waals surface area contributed by atoms with Gasteiger partial charge in [-0.25, -0.2) is 4.98 Å². The van der Waals surface area contributed by atoms with Crippen LogP contribution in [0.3, 0.4) is 0 Å². The van der Waals surface area contributed by atoms with E-state index in [1.165, 1.54) is 11.1 Å². The second-order valence-corrected chi connectivity index (χ2v) is 4.62. The molecule has 2 heterocycles. The number of aromatic nitrogens is 2. The van der Waals surface area contributed by atoms with Crippen LogP contribution in [0.4, 0.5) is 0 Å². The summed E-state index contributed by atoms with van der Waals surface area (Å²) in [5, 5.41) is 0. The monoisotopic (exact) mass is 236 g/mol. The molecule has 3 aromatic rings. The SMILES string of the molecule is Cc1ncc2ccc(CCc3ccccc3)cn12. The van der Waals surface area contributed by atoms with Crippen molar-refractivity contribution >= 4 is 5.52 Å². The summed E-state index contributed by atoms with van der Waals surface area (Å²) < 4.78 is 2.15. The highest BCUT2D eigenvalue weighted by Crippen LogP contribution is 2.11. The van der Waals surface area contributed by atoms with Gasteiger partial charge in [0.25, 0.3) is 0 Å². The summed E-state index contributed by atoms with van der Waals surface area (Å²) in [5.41, 5.74) is 3.91. The van der Waals surface area contributed by atoms with Crippen molar-refractivity contribution in [2.24, 2.45) is 0 Å². The van der Waals surface area contributed by atoms with Crippen LogP contribution in [0.2, 0.25) is 0 Å². The predicted octanol–water partition coefficient (Wildman–Crippen LogP) is 3.43. The lowest BCUT2D eigenvalue weighted by Gasteiger charge is -2.04. The molecule has 0 spiro atoms. The molecular formula is C16H16N2. The Morgan fingerprint density at radius 2 is 1.72 bits per heavy atom. The van der Waals surface area contributed by atoms with Gasteiger partial charge in [0.1, 0.15) is 5.82 Å². The fourth-order valence-corrected chi connectivity index (χ4v) is 2.24. The standard InChI is InChI=1S/C16H16N2/c1-13-17-11-16-10-9-15(12-18(13)16)8-7-14-5-3-2-4-6-14/h2-6,9-12H,7-8H2,1H3. The lowest BCUT2D eigenvalue weighted by Crippen LogP contribution is -1.95. The first-order valence-electron chi connectivity index (χ1n) is 6.29. The fraction of sp³-hybridized carbons (Fsp3) is 0.188. The van der Waals surface area contributed by atoms with Crippen LogP contribution < -0.4 is 0 Å². The Morgan fingerprint density at radius 3 is 2.56 bits per heavy atom. The number of pyridine rings is 1. The molecule has 0 radical (unpaired) electrons. The van der Waals surface area contributed by atoms with Crippen molar-refractivity contribution in [3.05, 3.63) is 71.8 Å². The van der Waals surface area contributed by atoms with Gasteiger partial charge < -0.3 is 4.40 Å². The fourth-order valence-electron chi connectivity index (χ4n) is 2.24. The predicted molar refractivity (Wildman–Crippen MR) is 73.8 cm³/mol. The number of aryl methyl sites for hydroxylation is 3. The molecule has 0 aliphatic carbocycles. The molecule has 0 saturated carbocycles. The molecule has 0 fully saturated rings. The summed E-state index contributed by atoms with van der Waals surface area (Å²) in [6.45, 7) is 2.04. The van der Waals surface area contributed by atoms with Crippen LogP contribution in [0.25, 0.3) is 5.52 Å². The molecule has 18 heavy (non-hydrogen) atoms. The van der Waals surface area contributed by atoms with Crippen molar-refractivity contribution in [3.8, 4) is 0 Å². The summed E-state index contributed by atoms with van der Waals surface area (Å²) in [5.74, 6) is 1.05. The molecule has 0 amide bonds. The van der Waals surface area contributed by atoms with E-state index in [2.05, 4.69) is 58.0 Å². The average molecular weight is 236 g/mol. The summed E-state index contributed by atoms with van der Waals surface area (Å²) in [4.78, 5) is 4.32. The van der Waals surface area contributed by atoms with E-state index in [4.69, 9.17) is 0 Å². The molecule has 1 aromatic carbocycles. The topological polar surface area (TPSA) is 17.3 Å². The highest BCUT2D eigenvalue weighted by atomic mass is 15.0. The molecule has 2 aromatic heterocycles. The van der Waals surface area contributed by atoms with E-state index in [1.54, 1.807) is 0 Å². The number of imidazole rings is 1. The van der Waals surface area contributed by atoms with E-state index in [9.17, 15) is 0 Å². The molecule has 90 valence electrons. The Balaban J connectivity index is 1.80. The number of hydrogen-bond donors (Lipinski definition) is 0. The van der Waals surface area contributed by atoms with Gasteiger partial charge in [-0.15, -0.1) is 0 Å². The second kappa shape index (κ2) is 4.65. The van der Waals surface area contributed by atoms with Crippen LogP contribution >= 0.6 is 0 Å². The van der Waals surface area contributed by atoms with E-state index in [-0.39, 0.29) is 0 Å². The third-order valence-electron chi connectivity index (χ3n) is 3.32. The molecule has 0 N–H and O–H groups in total. The number of fused-ring (bicyclic) bond motifs is 1. The molecule has 0 bridgehead atoms. The molecule has 0 atom stereocenters. The highest BCUT2D eigenvalue weighted by Gasteiger charge is 2.00. The third kappa shape index (κ3) is 2.14. The van der Waals surface area contributed by atoms with Gasteiger partial charge in [0.05, 0.1) is 11.7 Å². The maximum atomic E-state index is 4.32. The summed E-state index contributed by atoms with van der Waals surface area (Å²) in [7, 11) is 0. The van der Waals surface area contributed by atoms with Crippen molar-refractivity contribution in [2.75, 3.05) is 0 Å². The van der Waals surface area contributed by atoms with Gasteiger partial charge in [-0.05, 0) is 37.0 Å². The van der Waals surface area contributed by atoms with Crippen LogP contribution in [-0.4, -0.2) is 9.38 Å². The van der Waals surface area contributed by atoms with Crippen LogP contribution in [0.15, 0.2) is 54.9 Å². The van der Waals surface area contributed by atoms with Gasteiger partial charge in [0.15, 0.2) is 0 Å². The first-order chi connectivity index (χ1) is 8.83. The number of hydrogen-bond acceptors (Lipinski definition) is 1. The van der Waals surface area contributed by atoms with Gasteiger partial charge in [-0.3, -0.25) is 0 Å². The maximum Gasteiger partial charge on any atom is 0.110 e. The maximum absolute atomic E-state index is 4.32. The van der Waals surface area contributed by atoms with Gasteiger partial charge >= 0.3 is 0 Å². The van der Waals surface area contributed by atoms with Crippen LogP contribution in [0.1, 0.15) is 17.0 Å². The Labute approximate surface area is 107 Å². The van der Waals surface area contributed by atoms with E-state index < -0.39 is 0 Å². The van der Waals surface area contributed by atoms with Crippen LogP contribution in [0.5, 0.6) is 0 Å². The Morgan fingerprint density at radius 1 is 0.944 bits per heavy atom. The van der Waals surface area contributed by atoms with E-state index >= 15 is 0 Å². The normalized spacial score (nSPS) is 10.9. The van der Waals surface area contributed by atoms with Crippen molar-refractivity contribution in [2.45, 2.75) is 19.8 Å².